The number of carbonyl (C=O) groups is 1. The largest absolute Gasteiger partial charge is 0.445 e. The molecule has 1 saturated carbocycles. The van der Waals surface area contributed by atoms with Crippen LogP contribution in [0.2, 0.25) is 0 Å². The summed E-state index contributed by atoms with van der Waals surface area (Å²) in [5.41, 5.74) is 1.89. The maximum absolute atomic E-state index is 12.5. The number of alkyl carbamates (subject to hydrolysis) is 1. The summed E-state index contributed by atoms with van der Waals surface area (Å²) in [6.45, 7) is 2.09. The first kappa shape index (κ1) is 20.4. The number of amides is 1. The van der Waals surface area contributed by atoms with Gasteiger partial charge >= 0.3 is 6.09 Å². The fourth-order valence-corrected chi connectivity index (χ4v) is 4.35. The van der Waals surface area contributed by atoms with Gasteiger partial charge in [-0.3, -0.25) is 4.18 Å². The highest BCUT2D eigenvalue weighted by molar-refractivity contribution is 7.86. The third-order valence-corrected chi connectivity index (χ3v) is 6.11. The van der Waals surface area contributed by atoms with Gasteiger partial charge in [0.25, 0.3) is 10.1 Å². The molecular formula is C21H25NO5S. The lowest BCUT2D eigenvalue weighted by Gasteiger charge is -2.29. The second-order valence-electron chi connectivity index (χ2n) is 7.06. The number of ether oxygens (including phenoxy) is 1. The van der Waals surface area contributed by atoms with Crippen LogP contribution in [-0.2, 0) is 25.6 Å². The molecule has 1 amide bonds. The Balaban J connectivity index is 1.50. The molecule has 0 saturated heterocycles. The van der Waals surface area contributed by atoms with Crippen molar-refractivity contribution in [1.29, 1.82) is 0 Å². The van der Waals surface area contributed by atoms with E-state index in [0.29, 0.717) is 12.8 Å². The third-order valence-electron chi connectivity index (χ3n) is 4.73. The van der Waals surface area contributed by atoms with Crippen LogP contribution in [0.3, 0.4) is 0 Å². The molecule has 6 nitrogen and oxygen atoms in total. The SMILES string of the molecule is Cc1ccc(S(=O)(=O)O[C@@H]2CCC[C@H](NC(=O)OCc3ccccc3)C2)cc1. The van der Waals surface area contributed by atoms with Crippen molar-refractivity contribution in [2.75, 3.05) is 0 Å². The first-order valence-electron chi connectivity index (χ1n) is 9.39. The third kappa shape index (κ3) is 5.81. The monoisotopic (exact) mass is 403 g/mol. The molecule has 7 heteroatoms. The zero-order chi connectivity index (χ0) is 20.0. The smallest absolute Gasteiger partial charge is 0.407 e. The van der Waals surface area contributed by atoms with Crippen molar-refractivity contribution in [3.05, 3.63) is 65.7 Å². The lowest BCUT2D eigenvalue weighted by Crippen LogP contribution is -2.41. The molecule has 1 aliphatic rings. The van der Waals surface area contributed by atoms with Crippen molar-refractivity contribution in [3.63, 3.8) is 0 Å². The minimum atomic E-state index is -3.82. The highest BCUT2D eigenvalue weighted by Gasteiger charge is 2.29. The van der Waals surface area contributed by atoms with Crippen molar-refractivity contribution in [2.45, 2.75) is 56.3 Å². The van der Waals surface area contributed by atoms with Crippen LogP contribution in [-0.4, -0.2) is 26.7 Å². The summed E-state index contributed by atoms with van der Waals surface area (Å²) in [5, 5.41) is 2.82. The molecule has 2 atom stereocenters. The summed E-state index contributed by atoms with van der Waals surface area (Å²) in [4.78, 5) is 12.2. The number of nitrogens with one attached hydrogen (secondary N) is 1. The van der Waals surface area contributed by atoms with Crippen LogP contribution in [0.4, 0.5) is 4.79 Å². The maximum Gasteiger partial charge on any atom is 0.407 e. The van der Waals surface area contributed by atoms with Gasteiger partial charge in [-0.25, -0.2) is 4.79 Å². The van der Waals surface area contributed by atoms with E-state index < -0.39 is 22.3 Å². The summed E-state index contributed by atoms with van der Waals surface area (Å²) in [5.74, 6) is 0. The fourth-order valence-electron chi connectivity index (χ4n) is 3.23. The van der Waals surface area contributed by atoms with E-state index in [4.69, 9.17) is 8.92 Å². The van der Waals surface area contributed by atoms with E-state index in [1.165, 1.54) is 0 Å². The molecule has 28 heavy (non-hydrogen) atoms. The van der Waals surface area contributed by atoms with Gasteiger partial charge in [0, 0.05) is 6.04 Å². The quantitative estimate of drug-likeness (QED) is 0.739. The van der Waals surface area contributed by atoms with Gasteiger partial charge in [0.15, 0.2) is 0 Å². The number of hydrogen-bond acceptors (Lipinski definition) is 5. The van der Waals surface area contributed by atoms with Crippen LogP contribution in [0.5, 0.6) is 0 Å². The van der Waals surface area contributed by atoms with Gasteiger partial charge in [0.1, 0.15) is 6.61 Å². The number of rotatable bonds is 6. The van der Waals surface area contributed by atoms with Crippen LogP contribution >= 0.6 is 0 Å². The van der Waals surface area contributed by atoms with E-state index >= 15 is 0 Å². The van der Waals surface area contributed by atoms with Crippen LogP contribution in [0.25, 0.3) is 0 Å². The zero-order valence-electron chi connectivity index (χ0n) is 15.8. The Morgan fingerprint density at radius 2 is 1.79 bits per heavy atom. The molecule has 150 valence electrons. The molecule has 0 unspecified atom stereocenters. The minimum absolute atomic E-state index is 0.149. The van der Waals surface area contributed by atoms with Crippen molar-refractivity contribution >= 4 is 16.2 Å². The fraction of sp³-hybridized carbons (Fsp3) is 0.381. The number of benzene rings is 2. The molecular weight excluding hydrogens is 378 g/mol. The van der Waals surface area contributed by atoms with Gasteiger partial charge in [-0.1, -0.05) is 48.0 Å². The first-order valence-corrected chi connectivity index (χ1v) is 10.8. The summed E-state index contributed by atoms with van der Waals surface area (Å²) in [6.07, 6.45) is 1.66. The summed E-state index contributed by atoms with van der Waals surface area (Å²) >= 11 is 0. The molecule has 2 aromatic rings. The molecule has 0 aromatic heterocycles. The van der Waals surface area contributed by atoms with Gasteiger partial charge in [0.2, 0.25) is 0 Å². The minimum Gasteiger partial charge on any atom is -0.445 e. The van der Waals surface area contributed by atoms with E-state index in [9.17, 15) is 13.2 Å². The Hall–Kier alpha value is -2.38. The molecule has 3 rings (SSSR count). The summed E-state index contributed by atoms with van der Waals surface area (Å²) < 4.78 is 35.6. The number of carbonyl (C=O) groups excluding carboxylic acids is 1. The second kappa shape index (κ2) is 9.21. The topological polar surface area (TPSA) is 81.7 Å². The molecule has 0 radical (unpaired) electrons. The molecule has 1 aliphatic carbocycles. The number of hydrogen-bond donors (Lipinski definition) is 1. The lowest BCUT2D eigenvalue weighted by molar-refractivity contribution is 0.115. The lowest BCUT2D eigenvalue weighted by atomic mass is 9.93. The Kier molecular flexibility index (Phi) is 6.70. The molecule has 2 aromatic carbocycles. The molecule has 0 heterocycles. The van der Waals surface area contributed by atoms with Gasteiger partial charge < -0.3 is 10.1 Å². The van der Waals surface area contributed by atoms with E-state index in [2.05, 4.69) is 5.32 Å². The zero-order valence-corrected chi connectivity index (χ0v) is 16.7. The average molecular weight is 404 g/mol. The molecule has 0 aliphatic heterocycles. The standard InChI is InChI=1S/C21H25NO5S/c1-16-10-12-20(13-11-16)28(24,25)27-19-9-5-8-18(14-19)22-21(23)26-15-17-6-3-2-4-7-17/h2-4,6-7,10-13,18-19H,5,8-9,14-15H2,1H3,(H,22,23)/t18-,19+/m0/s1. The summed E-state index contributed by atoms with van der Waals surface area (Å²) in [6, 6.07) is 15.8. The predicted octanol–water partition coefficient (Wildman–Crippen LogP) is 3.94. The van der Waals surface area contributed by atoms with Crippen LogP contribution < -0.4 is 5.32 Å². The van der Waals surface area contributed by atoms with E-state index in [-0.39, 0.29) is 17.5 Å². The normalized spacial score (nSPS) is 19.8. The van der Waals surface area contributed by atoms with Gasteiger partial charge in [-0.05, 0) is 50.3 Å². The maximum atomic E-state index is 12.5. The predicted molar refractivity (Wildman–Crippen MR) is 105 cm³/mol. The highest BCUT2D eigenvalue weighted by atomic mass is 32.2. The molecule has 0 spiro atoms. The average Bonchev–Trinajstić information content (AvgIpc) is 2.67. The Morgan fingerprint density at radius 3 is 2.50 bits per heavy atom. The molecule has 1 N–H and O–H groups in total. The van der Waals surface area contributed by atoms with Crippen LogP contribution in [0.15, 0.2) is 59.5 Å². The van der Waals surface area contributed by atoms with E-state index in [1.54, 1.807) is 24.3 Å². The second-order valence-corrected chi connectivity index (χ2v) is 8.63. The van der Waals surface area contributed by atoms with Crippen molar-refractivity contribution < 1.29 is 22.1 Å². The molecule has 0 bridgehead atoms. The number of aryl methyl sites for hydroxylation is 1. The van der Waals surface area contributed by atoms with Gasteiger partial charge in [0.05, 0.1) is 11.0 Å². The highest BCUT2D eigenvalue weighted by Crippen LogP contribution is 2.25. The van der Waals surface area contributed by atoms with Gasteiger partial charge in [-0.15, -0.1) is 0 Å². The summed E-state index contributed by atoms with van der Waals surface area (Å²) in [7, 11) is -3.82. The van der Waals surface area contributed by atoms with Crippen molar-refractivity contribution in [1.82, 2.24) is 5.32 Å². The van der Waals surface area contributed by atoms with Gasteiger partial charge in [-0.2, -0.15) is 8.42 Å². The Bertz CT molecular complexity index is 881. The van der Waals surface area contributed by atoms with Crippen molar-refractivity contribution in [2.24, 2.45) is 0 Å². The molecule has 1 fully saturated rings. The van der Waals surface area contributed by atoms with Crippen LogP contribution in [0, 0.1) is 6.92 Å². The van der Waals surface area contributed by atoms with E-state index in [0.717, 1.165) is 24.0 Å². The first-order chi connectivity index (χ1) is 13.4. The van der Waals surface area contributed by atoms with Crippen molar-refractivity contribution in [3.8, 4) is 0 Å². The van der Waals surface area contributed by atoms with Crippen LogP contribution in [0.1, 0.15) is 36.8 Å². The Morgan fingerprint density at radius 1 is 1.07 bits per heavy atom. The Labute approximate surface area is 166 Å². The van der Waals surface area contributed by atoms with E-state index in [1.807, 2.05) is 37.3 Å².